The van der Waals surface area contributed by atoms with Gasteiger partial charge in [0.05, 0.1) is 22.9 Å². The fraction of sp³-hybridized carbons (Fsp3) is 0.350. The van der Waals surface area contributed by atoms with Crippen LogP contribution >= 0.6 is 11.6 Å². The fourth-order valence-electron chi connectivity index (χ4n) is 3.65. The van der Waals surface area contributed by atoms with E-state index in [1.807, 2.05) is 18.2 Å². The molecule has 4 rings (SSSR count). The van der Waals surface area contributed by atoms with E-state index in [9.17, 15) is 8.42 Å². The molecule has 1 aromatic carbocycles. The number of hydrogen-bond acceptors (Lipinski definition) is 7. The van der Waals surface area contributed by atoms with Crippen LogP contribution in [0, 0.1) is 0 Å². The summed E-state index contributed by atoms with van der Waals surface area (Å²) in [5.41, 5.74) is 1.65. The molecule has 2 aromatic heterocycles. The van der Waals surface area contributed by atoms with Crippen molar-refractivity contribution in [3.8, 4) is 11.5 Å². The number of nitrogens with zero attached hydrogens (tertiary/aromatic N) is 4. The second kappa shape index (κ2) is 8.33. The summed E-state index contributed by atoms with van der Waals surface area (Å²) in [5.74, 6) is 1.02. The normalized spacial score (nSPS) is 19.6. The second-order valence-electron chi connectivity index (χ2n) is 7.26. The van der Waals surface area contributed by atoms with E-state index < -0.39 is 10.0 Å². The Balaban J connectivity index is 1.68. The third-order valence-electron chi connectivity index (χ3n) is 5.29. The maximum Gasteiger partial charge on any atom is 0.249 e. The summed E-state index contributed by atoms with van der Waals surface area (Å²) in [4.78, 5) is 4.09. The maximum atomic E-state index is 11.9. The minimum Gasteiger partial charge on any atom is -0.419 e. The molecule has 1 aliphatic heterocycles. The van der Waals surface area contributed by atoms with Crippen LogP contribution in [0.25, 0.3) is 11.5 Å². The van der Waals surface area contributed by atoms with Crippen LogP contribution < -0.4 is 9.62 Å². The smallest absolute Gasteiger partial charge is 0.249 e. The Morgan fingerprint density at radius 2 is 1.97 bits per heavy atom. The molecule has 30 heavy (non-hydrogen) atoms. The molecule has 3 heterocycles. The molecular weight excluding hydrogens is 426 g/mol. The summed E-state index contributed by atoms with van der Waals surface area (Å²) in [7, 11) is -2.13. The lowest BCUT2D eigenvalue weighted by molar-refractivity contribution is 0.303. The number of rotatable bonds is 5. The van der Waals surface area contributed by atoms with E-state index in [4.69, 9.17) is 16.0 Å². The molecule has 1 fully saturated rings. The van der Waals surface area contributed by atoms with Crippen molar-refractivity contribution in [1.29, 1.82) is 0 Å². The van der Waals surface area contributed by atoms with Gasteiger partial charge in [-0.2, -0.15) is 0 Å². The number of anilines is 1. The minimum absolute atomic E-state index is 0.106. The lowest BCUT2D eigenvalue weighted by atomic mass is 9.85. The zero-order valence-corrected chi connectivity index (χ0v) is 18.2. The Bertz CT molecular complexity index is 1140. The second-order valence-corrected chi connectivity index (χ2v) is 9.65. The third-order valence-corrected chi connectivity index (χ3v) is 6.83. The highest BCUT2D eigenvalue weighted by atomic mass is 35.5. The zero-order chi connectivity index (χ0) is 21.3. The first kappa shape index (κ1) is 20.8. The minimum atomic E-state index is -3.52. The molecule has 2 atom stereocenters. The number of halogens is 1. The standard InChI is InChI=1S/C20H22ClN5O3S/c1-26(30(2,27)28)18-16(21)15(10-12-23-18)19-24-25-20(29-19)17-14(9-6-11-22-17)13-7-4-3-5-8-13/h3-5,7-8,10,12,14,17,22H,6,9,11H2,1-2H3/t14-,17+/m0/s1. The number of nitrogens with one attached hydrogen (secondary N) is 1. The predicted octanol–water partition coefficient (Wildman–Crippen LogP) is 3.39. The molecule has 0 saturated carbocycles. The van der Waals surface area contributed by atoms with E-state index in [-0.39, 0.29) is 28.7 Å². The van der Waals surface area contributed by atoms with Gasteiger partial charge in [-0.25, -0.2) is 13.4 Å². The monoisotopic (exact) mass is 447 g/mol. The van der Waals surface area contributed by atoms with Crippen molar-refractivity contribution in [1.82, 2.24) is 20.5 Å². The summed E-state index contributed by atoms with van der Waals surface area (Å²) in [5, 5.41) is 12.1. The van der Waals surface area contributed by atoms with Gasteiger partial charge >= 0.3 is 0 Å². The molecule has 1 saturated heterocycles. The summed E-state index contributed by atoms with van der Waals surface area (Å²) in [6, 6.07) is 11.8. The molecule has 0 radical (unpaired) electrons. The first-order chi connectivity index (χ1) is 14.4. The van der Waals surface area contributed by atoms with Crippen molar-refractivity contribution in [3.05, 3.63) is 59.1 Å². The van der Waals surface area contributed by atoms with Gasteiger partial charge in [0, 0.05) is 19.2 Å². The van der Waals surface area contributed by atoms with Crippen molar-refractivity contribution in [3.63, 3.8) is 0 Å². The van der Waals surface area contributed by atoms with E-state index in [1.54, 1.807) is 6.07 Å². The van der Waals surface area contributed by atoms with Crippen LogP contribution in [0.3, 0.4) is 0 Å². The van der Waals surface area contributed by atoms with Gasteiger partial charge in [0.15, 0.2) is 5.82 Å². The Labute approximate surface area is 180 Å². The molecule has 158 valence electrons. The molecule has 0 aliphatic carbocycles. The van der Waals surface area contributed by atoms with Gasteiger partial charge in [-0.05, 0) is 31.0 Å². The molecule has 10 heteroatoms. The van der Waals surface area contributed by atoms with E-state index >= 15 is 0 Å². The molecule has 1 aliphatic rings. The van der Waals surface area contributed by atoms with Gasteiger partial charge in [-0.15, -0.1) is 10.2 Å². The van der Waals surface area contributed by atoms with Crippen molar-refractivity contribution in [2.75, 3.05) is 24.2 Å². The summed E-state index contributed by atoms with van der Waals surface area (Å²) in [6.07, 6.45) is 4.63. The van der Waals surface area contributed by atoms with Gasteiger partial charge in [0.1, 0.15) is 0 Å². The Hall–Kier alpha value is -2.49. The Morgan fingerprint density at radius 1 is 1.20 bits per heavy atom. The fourth-order valence-corrected chi connectivity index (χ4v) is 4.47. The number of sulfonamides is 1. The zero-order valence-electron chi connectivity index (χ0n) is 16.6. The van der Waals surface area contributed by atoms with Crippen LogP contribution in [-0.4, -0.2) is 43.4 Å². The number of hydrogen-bond donors (Lipinski definition) is 1. The topological polar surface area (TPSA) is 101 Å². The van der Waals surface area contributed by atoms with Crippen LogP contribution in [0.2, 0.25) is 5.02 Å². The molecule has 0 amide bonds. The van der Waals surface area contributed by atoms with Gasteiger partial charge < -0.3 is 9.73 Å². The molecule has 3 aromatic rings. The largest absolute Gasteiger partial charge is 0.419 e. The van der Waals surface area contributed by atoms with Crippen molar-refractivity contribution >= 4 is 27.4 Å². The van der Waals surface area contributed by atoms with E-state index in [2.05, 4.69) is 32.6 Å². The Morgan fingerprint density at radius 3 is 2.70 bits per heavy atom. The van der Waals surface area contributed by atoms with Gasteiger partial charge in [0.25, 0.3) is 0 Å². The number of aromatic nitrogens is 3. The van der Waals surface area contributed by atoms with Crippen LogP contribution in [0.5, 0.6) is 0 Å². The lowest BCUT2D eigenvalue weighted by Crippen LogP contribution is -2.33. The third kappa shape index (κ3) is 4.05. The Kier molecular flexibility index (Phi) is 5.77. The number of pyridine rings is 1. The van der Waals surface area contributed by atoms with Crippen molar-refractivity contribution in [2.45, 2.75) is 24.8 Å². The van der Waals surface area contributed by atoms with Crippen LogP contribution in [0.4, 0.5) is 5.82 Å². The SMILES string of the molecule is CN(c1nccc(-c2nnc([C@@H]3NCCC[C@H]3c3ccccc3)o2)c1Cl)S(C)(=O)=O. The first-order valence-electron chi connectivity index (χ1n) is 9.57. The highest BCUT2D eigenvalue weighted by Gasteiger charge is 2.32. The van der Waals surface area contributed by atoms with E-state index in [0.29, 0.717) is 11.5 Å². The van der Waals surface area contributed by atoms with Gasteiger partial charge in [-0.3, -0.25) is 4.31 Å². The van der Waals surface area contributed by atoms with E-state index in [0.717, 1.165) is 29.9 Å². The summed E-state index contributed by atoms with van der Waals surface area (Å²) < 4.78 is 30.8. The average molecular weight is 448 g/mol. The van der Waals surface area contributed by atoms with Gasteiger partial charge in [0.2, 0.25) is 21.8 Å². The molecule has 8 nitrogen and oxygen atoms in total. The molecule has 0 spiro atoms. The van der Waals surface area contributed by atoms with E-state index in [1.165, 1.54) is 18.8 Å². The van der Waals surface area contributed by atoms with Crippen LogP contribution in [0.1, 0.15) is 36.3 Å². The number of benzene rings is 1. The maximum absolute atomic E-state index is 11.9. The lowest BCUT2D eigenvalue weighted by Gasteiger charge is -2.30. The number of piperidine rings is 1. The molecular formula is C20H22ClN5O3S. The van der Waals surface area contributed by atoms with Crippen LogP contribution in [-0.2, 0) is 10.0 Å². The quantitative estimate of drug-likeness (QED) is 0.639. The highest BCUT2D eigenvalue weighted by molar-refractivity contribution is 7.92. The first-order valence-corrected chi connectivity index (χ1v) is 11.8. The molecule has 0 unspecified atom stereocenters. The van der Waals surface area contributed by atoms with Crippen molar-refractivity contribution < 1.29 is 12.8 Å². The van der Waals surface area contributed by atoms with Crippen LogP contribution in [0.15, 0.2) is 47.0 Å². The average Bonchev–Trinajstić information content (AvgIpc) is 3.23. The van der Waals surface area contributed by atoms with Crippen molar-refractivity contribution in [2.24, 2.45) is 0 Å². The predicted molar refractivity (Wildman–Crippen MR) is 115 cm³/mol. The highest BCUT2D eigenvalue weighted by Crippen LogP contribution is 2.39. The molecule has 0 bridgehead atoms. The van der Waals surface area contributed by atoms with Gasteiger partial charge in [-0.1, -0.05) is 41.9 Å². The summed E-state index contributed by atoms with van der Waals surface area (Å²) >= 11 is 6.45. The summed E-state index contributed by atoms with van der Waals surface area (Å²) in [6.45, 7) is 0.866. The molecule has 1 N–H and O–H groups in total.